The number of aryl methyl sites for hydroxylation is 1. The van der Waals surface area contributed by atoms with Crippen LogP contribution in [0.5, 0.6) is 0 Å². The van der Waals surface area contributed by atoms with E-state index in [0.29, 0.717) is 17.7 Å². The SMILES string of the molecule is CN(C(=O)c1ccc(C(=O)NCCCn2cccn2)cc1)c1ccccc1. The van der Waals surface area contributed by atoms with Crippen LogP contribution < -0.4 is 10.2 Å². The lowest BCUT2D eigenvalue weighted by Gasteiger charge is -2.17. The number of nitrogens with one attached hydrogen (secondary N) is 1. The Labute approximate surface area is 158 Å². The molecule has 0 saturated heterocycles. The second kappa shape index (κ2) is 8.80. The number of hydrogen-bond acceptors (Lipinski definition) is 3. The molecule has 27 heavy (non-hydrogen) atoms. The van der Waals surface area contributed by atoms with E-state index in [1.807, 2.05) is 47.3 Å². The van der Waals surface area contributed by atoms with Crippen molar-refractivity contribution in [3.8, 4) is 0 Å². The smallest absolute Gasteiger partial charge is 0.258 e. The zero-order valence-corrected chi connectivity index (χ0v) is 15.2. The van der Waals surface area contributed by atoms with Gasteiger partial charge in [0.1, 0.15) is 0 Å². The van der Waals surface area contributed by atoms with E-state index in [4.69, 9.17) is 0 Å². The Morgan fingerprint density at radius 3 is 2.37 bits per heavy atom. The van der Waals surface area contributed by atoms with E-state index < -0.39 is 0 Å². The third-order valence-electron chi connectivity index (χ3n) is 4.25. The highest BCUT2D eigenvalue weighted by Gasteiger charge is 2.14. The average molecular weight is 362 g/mol. The van der Waals surface area contributed by atoms with Crippen molar-refractivity contribution in [3.63, 3.8) is 0 Å². The molecule has 2 aromatic carbocycles. The van der Waals surface area contributed by atoms with Gasteiger partial charge in [0.2, 0.25) is 0 Å². The molecule has 0 unspecified atom stereocenters. The molecule has 0 aliphatic rings. The first kappa shape index (κ1) is 18.4. The number of carbonyl (C=O) groups is 2. The molecular formula is C21H22N4O2. The standard InChI is InChI=1S/C21H22N4O2/c1-24(19-7-3-2-4-8-19)21(27)18-11-9-17(10-12-18)20(26)22-13-5-15-25-16-6-14-23-25/h2-4,6-12,14,16H,5,13,15H2,1H3,(H,22,26). The minimum absolute atomic E-state index is 0.118. The fourth-order valence-electron chi connectivity index (χ4n) is 2.70. The molecule has 6 nitrogen and oxygen atoms in total. The Hall–Kier alpha value is -3.41. The summed E-state index contributed by atoms with van der Waals surface area (Å²) in [6, 6.07) is 18.0. The fourth-order valence-corrected chi connectivity index (χ4v) is 2.70. The van der Waals surface area contributed by atoms with Gasteiger partial charge in [0.25, 0.3) is 11.8 Å². The third kappa shape index (κ3) is 4.82. The Balaban J connectivity index is 1.53. The lowest BCUT2D eigenvalue weighted by Crippen LogP contribution is -2.27. The summed E-state index contributed by atoms with van der Waals surface area (Å²) >= 11 is 0. The van der Waals surface area contributed by atoms with Gasteiger partial charge in [0.15, 0.2) is 0 Å². The predicted octanol–water partition coefficient (Wildman–Crippen LogP) is 2.98. The van der Waals surface area contributed by atoms with Crippen LogP contribution in [0.3, 0.4) is 0 Å². The van der Waals surface area contributed by atoms with Crippen LogP contribution in [0.1, 0.15) is 27.1 Å². The van der Waals surface area contributed by atoms with Gasteiger partial charge in [-0.1, -0.05) is 18.2 Å². The monoisotopic (exact) mass is 362 g/mol. The van der Waals surface area contributed by atoms with Crippen molar-refractivity contribution in [2.45, 2.75) is 13.0 Å². The molecular weight excluding hydrogens is 340 g/mol. The van der Waals surface area contributed by atoms with Crippen LogP contribution in [0.2, 0.25) is 0 Å². The summed E-state index contributed by atoms with van der Waals surface area (Å²) in [5.74, 6) is -0.266. The van der Waals surface area contributed by atoms with Crippen LogP contribution >= 0.6 is 0 Å². The molecule has 3 aromatic rings. The molecule has 0 spiro atoms. The largest absolute Gasteiger partial charge is 0.352 e. The van der Waals surface area contributed by atoms with E-state index in [1.165, 1.54) is 0 Å². The summed E-state index contributed by atoms with van der Waals surface area (Å²) in [7, 11) is 1.73. The molecule has 6 heteroatoms. The van der Waals surface area contributed by atoms with Crippen LogP contribution in [0.15, 0.2) is 73.1 Å². The zero-order chi connectivity index (χ0) is 19.1. The van der Waals surface area contributed by atoms with Gasteiger partial charge >= 0.3 is 0 Å². The molecule has 0 fully saturated rings. The van der Waals surface area contributed by atoms with Crippen LogP contribution in [0, 0.1) is 0 Å². The van der Waals surface area contributed by atoms with Crippen molar-refractivity contribution < 1.29 is 9.59 Å². The second-order valence-electron chi connectivity index (χ2n) is 6.16. The average Bonchev–Trinajstić information content (AvgIpc) is 3.24. The summed E-state index contributed by atoms with van der Waals surface area (Å²) in [6.07, 6.45) is 4.42. The molecule has 0 atom stereocenters. The normalized spacial score (nSPS) is 10.4. The topological polar surface area (TPSA) is 67.2 Å². The highest BCUT2D eigenvalue weighted by molar-refractivity contribution is 6.06. The van der Waals surface area contributed by atoms with Crippen molar-refractivity contribution in [3.05, 3.63) is 84.2 Å². The van der Waals surface area contributed by atoms with E-state index >= 15 is 0 Å². The van der Waals surface area contributed by atoms with E-state index in [1.54, 1.807) is 42.4 Å². The van der Waals surface area contributed by atoms with Crippen molar-refractivity contribution in [1.29, 1.82) is 0 Å². The molecule has 0 aliphatic carbocycles. The molecule has 0 aliphatic heterocycles. The highest BCUT2D eigenvalue weighted by Crippen LogP contribution is 2.15. The molecule has 1 aromatic heterocycles. The lowest BCUT2D eigenvalue weighted by atomic mass is 10.1. The minimum atomic E-state index is -0.147. The van der Waals surface area contributed by atoms with Crippen molar-refractivity contribution in [1.82, 2.24) is 15.1 Å². The van der Waals surface area contributed by atoms with Crippen LogP contribution in [0.25, 0.3) is 0 Å². The van der Waals surface area contributed by atoms with Crippen molar-refractivity contribution in [2.75, 3.05) is 18.5 Å². The Bertz CT molecular complexity index is 874. The molecule has 0 radical (unpaired) electrons. The summed E-state index contributed by atoms with van der Waals surface area (Å²) < 4.78 is 1.83. The number of aromatic nitrogens is 2. The van der Waals surface area contributed by atoms with E-state index in [9.17, 15) is 9.59 Å². The predicted molar refractivity (Wildman–Crippen MR) is 105 cm³/mol. The van der Waals surface area contributed by atoms with Gasteiger partial charge in [-0.05, 0) is 48.9 Å². The fraction of sp³-hybridized carbons (Fsp3) is 0.190. The molecule has 3 rings (SSSR count). The third-order valence-corrected chi connectivity index (χ3v) is 4.25. The van der Waals surface area contributed by atoms with Gasteiger partial charge in [-0.3, -0.25) is 14.3 Å². The molecule has 2 amide bonds. The van der Waals surface area contributed by atoms with E-state index in [2.05, 4.69) is 10.4 Å². The van der Waals surface area contributed by atoms with Gasteiger partial charge in [-0.25, -0.2) is 0 Å². The van der Waals surface area contributed by atoms with Gasteiger partial charge in [-0.15, -0.1) is 0 Å². The molecule has 0 bridgehead atoms. The maximum absolute atomic E-state index is 12.6. The van der Waals surface area contributed by atoms with E-state index in [-0.39, 0.29) is 11.8 Å². The number of amides is 2. The van der Waals surface area contributed by atoms with Gasteiger partial charge in [-0.2, -0.15) is 5.10 Å². The summed E-state index contributed by atoms with van der Waals surface area (Å²) in [4.78, 5) is 26.4. The molecule has 1 N–H and O–H groups in total. The van der Waals surface area contributed by atoms with Crippen molar-refractivity contribution in [2.24, 2.45) is 0 Å². The zero-order valence-electron chi connectivity index (χ0n) is 15.2. The number of benzene rings is 2. The first-order chi connectivity index (χ1) is 13.1. The lowest BCUT2D eigenvalue weighted by molar-refractivity contribution is 0.0949. The van der Waals surface area contributed by atoms with Crippen LogP contribution in [-0.2, 0) is 6.54 Å². The summed E-state index contributed by atoms with van der Waals surface area (Å²) in [6.45, 7) is 1.32. The molecule has 1 heterocycles. The second-order valence-corrected chi connectivity index (χ2v) is 6.16. The number of para-hydroxylation sites is 1. The number of nitrogens with zero attached hydrogens (tertiary/aromatic N) is 3. The maximum atomic E-state index is 12.6. The maximum Gasteiger partial charge on any atom is 0.258 e. The quantitative estimate of drug-likeness (QED) is 0.657. The highest BCUT2D eigenvalue weighted by atomic mass is 16.2. The molecule has 0 saturated carbocycles. The number of rotatable bonds is 7. The van der Waals surface area contributed by atoms with Crippen molar-refractivity contribution >= 4 is 17.5 Å². The molecule has 138 valence electrons. The Morgan fingerprint density at radius 1 is 1.00 bits per heavy atom. The van der Waals surface area contributed by atoms with Gasteiger partial charge < -0.3 is 10.2 Å². The van der Waals surface area contributed by atoms with Gasteiger partial charge in [0.05, 0.1) is 0 Å². The van der Waals surface area contributed by atoms with E-state index in [0.717, 1.165) is 18.7 Å². The summed E-state index contributed by atoms with van der Waals surface area (Å²) in [5.41, 5.74) is 1.89. The number of anilines is 1. The summed E-state index contributed by atoms with van der Waals surface area (Å²) in [5, 5.41) is 7.00. The number of carbonyl (C=O) groups excluding carboxylic acids is 2. The van der Waals surface area contributed by atoms with Gasteiger partial charge in [0, 0.05) is 49.3 Å². The first-order valence-corrected chi connectivity index (χ1v) is 8.84. The Kier molecular flexibility index (Phi) is 5.99. The first-order valence-electron chi connectivity index (χ1n) is 8.84. The van der Waals surface area contributed by atoms with Crippen LogP contribution in [0.4, 0.5) is 5.69 Å². The van der Waals surface area contributed by atoms with Crippen LogP contribution in [-0.4, -0.2) is 35.2 Å². The Morgan fingerprint density at radius 2 is 1.70 bits per heavy atom. The minimum Gasteiger partial charge on any atom is -0.352 e. The number of hydrogen-bond donors (Lipinski definition) is 1.